The molecule has 0 spiro atoms. The van der Waals surface area contributed by atoms with Crippen molar-refractivity contribution in [1.82, 2.24) is 14.7 Å². The van der Waals surface area contributed by atoms with E-state index in [0.717, 1.165) is 24.6 Å². The van der Waals surface area contributed by atoms with E-state index < -0.39 is 0 Å². The number of aryl methyl sites for hydroxylation is 2. The van der Waals surface area contributed by atoms with Crippen LogP contribution in [0, 0.1) is 12.8 Å². The van der Waals surface area contributed by atoms with E-state index in [-0.39, 0.29) is 6.04 Å². The van der Waals surface area contributed by atoms with Gasteiger partial charge in [0.15, 0.2) is 0 Å². The molecule has 20 heavy (non-hydrogen) atoms. The first kappa shape index (κ1) is 15.3. The molecule has 2 N–H and O–H groups in total. The molecule has 1 aromatic heterocycles. The normalized spacial score (nSPS) is 21.4. The van der Waals surface area contributed by atoms with Gasteiger partial charge in [-0.1, -0.05) is 0 Å². The van der Waals surface area contributed by atoms with Crippen molar-refractivity contribution >= 4 is 5.82 Å². The molecule has 5 nitrogen and oxygen atoms in total. The van der Waals surface area contributed by atoms with E-state index in [9.17, 15) is 0 Å². The van der Waals surface area contributed by atoms with Crippen LogP contribution >= 0.6 is 0 Å². The molecule has 5 heteroatoms. The van der Waals surface area contributed by atoms with Crippen LogP contribution in [0.4, 0.5) is 5.82 Å². The second kappa shape index (κ2) is 6.14. The Morgan fingerprint density at radius 3 is 2.70 bits per heavy atom. The van der Waals surface area contributed by atoms with Crippen molar-refractivity contribution in [2.45, 2.75) is 32.7 Å². The highest BCUT2D eigenvalue weighted by Crippen LogP contribution is 2.25. The summed E-state index contributed by atoms with van der Waals surface area (Å²) < 4.78 is 2.01. The molecule has 0 aromatic carbocycles. The second-order valence-corrected chi connectivity index (χ2v) is 6.49. The molecule has 114 valence electrons. The Morgan fingerprint density at radius 1 is 1.45 bits per heavy atom. The summed E-state index contributed by atoms with van der Waals surface area (Å²) in [5, 5.41) is 4.58. The van der Waals surface area contributed by atoms with Crippen molar-refractivity contribution in [3.63, 3.8) is 0 Å². The lowest BCUT2D eigenvalue weighted by Gasteiger charge is -2.25. The van der Waals surface area contributed by atoms with Crippen LogP contribution in [-0.2, 0) is 13.5 Å². The average Bonchev–Trinajstić information content (AvgIpc) is 2.83. The van der Waals surface area contributed by atoms with E-state index in [1.807, 2.05) is 11.7 Å². The van der Waals surface area contributed by atoms with Gasteiger partial charge < -0.3 is 15.5 Å². The summed E-state index contributed by atoms with van der Waals surface area (Å²) in [6.45, 7) is 7.65. The molecule has 0 bridgehead atoms. The van der Waals surface area contributed by atoms with Gasteiger partial charge in [0.25, 0.3) is 0 Å². The topological polar surface area (TPSA) is 50.3 Å². The monoisotopic (exact) mass is 279 g/mol. The van der Waals surface area contributed by atoms with Crippen LogP contribution in [-0.4, -0.2) is 54.5 Å². The number of nitrogens with two attached hydrogens (primary N) is 1. The van der Waals surface area contributed by atoms with Crippen molar-refractivity contribution in [2.24, 2.45) is 18.7 Å². The molecule has 0 aliphatic carbocycles. The lowest BCUT2D eigenvalue weighted by molar-refractivity contribution is 0.395. The fourth-order valence-electron chi connectivity index (χ4n) is 3.38. The average molecular weight is 279 g/mol. The van der Waals surface area contributed by atoms with Crippen LogP contribution in [0.1, 0.15) is 24.6 Å². The van der Waals surface area contributed by atoms with Gasteiger partial charge in [-0.3, -0.25) is 4.68 Å². The van der Waals surface area contributed by atoms with Crippen molar-refractivity contribution in [3.05, 3.63) is 11.3 Å². The van der Waals surface area contributed by atoms with Crippen LogP contribution in [0.15, 0.2) is 0 Å². The smallest absolute Gasteiger partial charge is 0.129 e. The Hall–Kier alpha value is -1.07. The van der Waals surface area contributed by atoms with E-state index in [4.69, 9.17) is 5.73 Å². The molecular weight excluding hydrogens is 250 g/mol. The number of aromatic nitrogens is 2. The number of hydrogen-bond donors (Lipinski definition) is 1. The SMILES string of the molecule is Cc1nn(C)c(N(C)CC2CCN(C)C2)c1CC(C)N. The first-order valence-corrected chi connectivity index (χ1v) is 7.56. The minimum Gasteiger partial charge on any atom is -0.359 e. The van der Waals surface area contributed by atoms with Gasteiger partial charge in [0, 0.05) is 38.8 Å². The molecule has 2 atom stereocenters. The van der Waals surface area contributed by atoms with Crippen molar-refractivity contribution in [2.75, 3.05) is 38.6 Å². The fraction of sp³-hybridized carbons (Fsp3) is 0.800. The molecule has 2 rings (SSSR count). The molecule has 0 radical (unpaired) electrons. The number of anilines is 1. The Bertz CT molecular complexity index is 451. The number of likely N-dealkylation sites (tertiary alicyclic amines) is 1. The molecule has 2 heterocycles. The molecule has 1 saturated heterocycles. The van der Waals surface area contributed by atoms with Gasteiger partial charge in [0.05, 0.1) is 5.69 Å². The Morgan fingerprint density at radius 2 is 2.15 bits per heavy atom. The van der Waals surface area contributed by atoms with Gasteiger partial charge in [0.1, 0.15) is 5.82 Å². The van der Waals surface area contributed by atoms with Crippen molar-refractivity contribution in [1.29, 1.82) is 0 Å². The molecule has 0 saturated carbocycles. The molecule has 1 aromatic rings. The minimum atomic E-state index is 0.169. The zero-order valence-electron chi connectivity index (χ0n) is 13.6. The van der Waals surface area contributed by atoms with E-state index >= 15 is 0 Å². The van der Waals surface area contributed by atoms with E-state index in [0.29, 0.717) is 0 Å². The molecule has 1 aliphatic rings. The highest BCUT2D eigenvalue weighted by Gasteiger charge is 2.24. The summed E-state index contributed by atoms with van der Waals surface area (Å²) in [5.41, 5.74) is 8.40. The zero-order valence-corrected chi connectivity index (χ0v) is 13.6. The van der Waals surface area contributed by atoms with Gasteiger partial charge in [0.2, 0.25) is 0 Å². The maximum atomic E-state index is 5.99. The molecular formula is C15H29N5. The minimum absolute atomic E-state index is 0.169. The second-order valence-electron chi connectivity index (χ2n) is 6.49. The zero-order chi connectivity index (χ0) is 14.9. The first-order chi connectivity index (χ1) is 9.38. The van der Waals surface area contributed by atoms with Gasteiger partial charge in [-0.25, -0.2) is 0 Å². The predicted octanol–water partition coefficient (Wildman–Crippen LogP) is 1.01. The summed E-state index contributed by atoms with van der Waals surface area (Å²) >= 11 is 0. The summed E-state index contributed by atoms with van der Waals surface area (Å²) in [6.07, 6.45) is 2.18. The van der Waals surface area contributed by atoms with Gasteiger partial charge >= 0.3 is 0 Å². The van der Waals surface area contributed by atoms with Crippen LogP contribution in [0.5, 0.6) is 0 Å². The van der Waals surface area contributed by atoms with Gasteiger partial charge in [-0.2, -0.15) is 5.10 Å². The molecule has 2 unspecified atom stereocenters. The maximum absolute atomic E-state index is 5.99. The molecule has 0 amide bonds. The summed E-state index contributed by atoms with van der Waals surface area (Å²) in [6, 6.07) is 0.169. The number of hydrogen-bond acceptors (Lipinski definition) is 4. The van der Waals surface area contributed by atoms with Gasteiger partial charge in [-0.05, 0) is 46.2 Å². The van der Waals surface area contributed by atoms with E-state index in [1.54, 1.807) is 0 Å². The quantitative estimate of drug-likeness (QED) is 0.874. The lowest BCUT2D eigenvalue weighted by atomic mass is 10.1. The van der Waals surface area contributed by atoms with E-state index in [2.05, 4.69) is 42.8 Å². The largest absolute Gasteiger partial charge is 0.359 e. The van der Waals surface area contributed by atoms with E-state index in [1.165, 1.54) is 30.9 Å². The summed E-state index contributed by atoms with van der Waals surface area (Å²) in [4.78, 5) is 4.78. The van der Waals surface area contributed by atoms with Crippen LogP contribution < -0.4 is 10.6 Å². The first-order valence-electron chi connectivity index (χ1n) is 7.56. The molecule has 1 fully saturated rings. The lowest BCUT2D eigenvalue weighted by Crippen LogP contribution is -2.30. The maximum Gasteiger partial charge on any atom is 0.129 e. The third-order valence-electron chi connectivity index (χ3n) is 4.22. The Balaban J connectivity index is 2.14. The third-order valence-corrected chi connectivity index (χ3v) is 4.22. The highest BCUT2D eigenvalue weighted by molar-refractivity contribution is 5.50. The third kappa shape index (κ3) is 3.33. The van der Waals surface area contributed by atoms with Crippen LogP contribution in [0.25, 0.3) is 0 Å². The van der Waals surface area contributed by atoms with Crippen LogP contribution in [0.3, 0.4) is 0 Å². The Labute approximate surface area is 122 Å². The van der Waals surface area contributed by atoms with Crippen molar-refractivity contribution in [3.8, 4) is 0 Å². The van der Waals surface area contributed by atoms with Crippen LogP contribution in [0.2, 0.25) is 0 Å². The van der Waals surface area contributed by atoms with Gasteiger partial charge in [-0.15, -0.1) is 0 Å². The predicted molar refractivity (Wildman–Crippen MR) is 84.2 cm³/mol. The standard InChI is InChI=1S/C15H29N5/c1-11(16)8-14-12(2)17-20(5)15(14)19(4)10-13-6-7-18(3)9-13/h11,13H,6-10,16H2,1-5H3. The summed E-state index contributed by atoms with van der Waals surface area (Å²) in [7, 11) is 6.42. The highest BCUT2D eigenvalue weighted by atomic mass is 15.4. The Kier molecular flexibility index (Phi) is 4.70. The van der Waals surface area contributed by atoms with Crippen molar-refractivity contribution < 1.29 is 0 Å². The number of rotatable bonds is 5. The molecule has 1 aliphatic heterocycles. The fourth-order valence-corrected chi connectivity index (χ4v) is 3.38. The number of nitrogens with zero attached hydrogens (tertiary/aromatic N) is 4. The summed E-state index contributed by atoms with van der Waals surface area (Å²) in [5.74, 6) is 1.98.